The summed E-state index contributed by atoms with van der Waals surface area (Å²) in [5, 5.41) is 7.03. The number of hydrogen-bond acceptors (Lipinski definition) is 4. The Labute approximate surface area is 109 Å². The summed E-state index contributed by atoms with van der Waals surface area (Å²) in [6.45, 7) is 2.39. The zero-order valence-corrected chi connectivity index (χ0v) is 10.8. The predicted molar refractivity (Wildman–Crippen MR) is 62.5 cm³/mol. The van der Waals surface area contributed by atoms with Gasteiger partial charge in [-0.1, -0.05) is 5.16 Å². The highest BCUT2D eigenvalue weighted by molar-refractivity contribution is 4.86. The molecule has 0 spiro atoms. The van der Waals surface area contributed by atoms with Crippen LogP contribution in [0.5, 0.6) is 0 Å². The molecule has 0 amide bonds. The molecule has 1 N–H and O–H groups in total. The molecule has 19 heavy (non-hydrogen) atoms. The molecule has 1 aromatic heterocycles. The van der Waals surface area contributed by atoms with Gasteiger partial charge in [0.2, 0.25) is 5.89 Å². The van der Waals surface area contributed by atoms with Crippen molar-refractivity contribution in [3.8, 4) is 0 Å². The molecule has 2 rings (SSSR count). The van der Waals surface area contributed by atoms with Crippen LogP contribution in [0.4, 0.5) is 13.2 Å². The van der Waals surface area contributed by atoms with Gasteiger partial charge in [-0.3, -0.25) is 0 Å². The number of rotatable bonds is 4. The van der Waals surface area contributed by atoms with Crippen molar-refractivity contribution >= 4 is 0 Å². The van der Waals surface area contributed by atoms with E-state index in [1.165, 1.54) is 0 Å². The monoisotopic (exact) mass is 277 g/mol. The average Bonchev–Trinajstić information content (AvgIpc) is 2.75. The Hall–Kier alpha value is -1.11. The second kappa shape index (κ2) is 5.90. The SMILES string of the molecule is Cc1nc(CCNC2CCC(C(F)(F)F)CC2)no1. The van der Waals surface area contributed by atoms with Gasteiger partial charge in [-0.25, -0.2) is 0 Å². The molecular weight excluding hydrogens is 259 g/mol. The zero-order valence-electron chi connectivity index (χ0n) is 10.8. The first kappa shape index (κ1) is 14.3. The van der Waals surface area contributed by atoms with Gasteiger partial charge in [-0.05, 0) is 25.7 Å². The Morgan fingerprint density at radius 1 is 1.26 bits per heavy atom. The largest absolute Gasteiger partial charge is 0.391 e. The van der Waals surface area contributed by atoms with Crippen molar-refractivity contribution in [2.45, 2.75) is 51.2 Å². The van der Waals surface area contributed by atoms with E-state index in [-0.39, 0.29) is 18.9 Å². The summed E-state index contributed by atoms with van der Waals surface area (Å²) < 4.78 is 42.3. The first-order valence-corrected chi connectivity index (χ1v) is 6.54. The third-order valence-electron chi connectivity index (χ3n) is 3.54. The molecule has 0 saturated heterocycles. The molecule has 0 aliphatic heterocycles. The zero-order chi connectivity index (χ0) is 13.9. The molecule has 4 nitrogen and oxygen atoms in total. The number of aryl methyl sites for hydroxylation is 1. The number of hydrogen-bond donors (Lipinski definition) is 1. The van der Waals surface area contributed by atoms with E-state index < -0.39 is 12.1 Å². The molecular formula is C12H18F3N3O. The first-order valence-electron chi connectivity index (χ1n) is 6.54. The van der Waals surface area contributed by atoms with Crippen molar-refractivity contribution in [2.75, 3.05) is 6.54 Å². The lowest BCUT2D eigenvalue weighted by atomic mass is 9.85. The Kier molecular flexibility index (Phi) is 4.44. The van der Waals surface area contributed by atoms with Crippen molar-refractivity contribution in [1.29, 1.82) is 0 Å². The van der Waals surface area contributed by atoms with Gasteiger partial charge in [0.05, 0.1) is 5.92 Å². The molecule has 0 radical (unpaired) electrons. The Morgan fingerprint density at radius 3 is 2.47 bits per heavy atom. The van der Waals surface area contributed by atoms with E-state index in [1.807, 2.05) is 0 Å². The summed E-state index contributed by atoms with van der Waals surface area (Å²) in [5.41, 5.74) is 0. The lowest BCUT2D eigenvalue weighted by Crippen LogP contribution is -2.37. The van der Waals surface area contributed by atoms with Crippen molar-refractivity contribution in [1.82, 2.24) is 15.5 Å². The first-order chi connectivity index (χ1) is 8.95. The van der Waals surface area contributed by atoms with E-state index >= 15 is 0 Å². The summed E-state index contributed by atoms with van der Waals surface area (Å²) in [4.78, 5) is 4.07. The fourth-order valence-corrected chi connectivity index (χ4v) is 2.46. The van der Waals surface area contributed by atoms with Crippen LogP contribution in [0.1, 0.15) is 37.4 Å². The molecule has 7 heteroatoms. The quantitative estimate of drug-likeness (QED) is 0.919. The molecule has 0 atom stereocenters. The minimum atomic E-state index is -4.03. The second-order valence-electron chi connectivity index (χ2n) is 5.02. The van der Waals surface area contributed by atoms with E-state index in [4.69, 9.17) is 4.52 Å². The Balaban J connectivity index is 1.66. The van der Waals surface area contributed by atoms with Crippen molar-refractivity contribution < 1.29 is 17.7 Å². The van der Waals surface area contributed by atoms with Crippen LogP contribution >= 0.6 is 0 Å². The molecule has 1 aromatic rings. The van der Waals surface area contributed by atoms with E-state index in [2.05, 4.69) is 15.5 Å². The number of alkyl halides is 3. The Morgan fingerprint density at radius 2 is 1.95 bits per heavy atom. The van der Waals surface area contributed by atoms with Crippen molar-refractivity contribution in [2.24, 2.45) is 5.92 Å². The van der Waals surface area contributed by atoms with E-state index in [1.54, 1.807) is 6.92 Å². The van der Waals surface area contributed by atoms with Crippen LogP contribution in [0.15, 0.2) is 4.52 Å². The third kappa shape index (κ3) is 4.19. The lowest BCUT2D eigenvalue weighted by Gasteiger charge is -2.30. The summed E-state index contributed by atoms with van der Waals surface area (Å²) in [7, 11) is 0. The Bertz CT molecular complexity index is 397. The molecule has 1 saturated carbocycles. The molecule has 108 valence electrons. The van der Waals surface area contributed by atoms with Crippen LogP contribution in [0.3, 0.4) is 0 Å². The van der Waals surface area contributed by atoms with E-state index in [0.29, 0.717) is 37.5 Å². The molecule has 0 unspecified atom stereocenters. The van der Waals surface area contributed by atoms with Crippen LogP contribution in [-0.4, -0.2) is 28.9 Å². The highest BCUT2D eigenvalue weighted by atomic mass is 19.4. The maximum Gasteiger partial charge on any atom is 0.391 e. The van der Waals surface area contributed by atoms with Crippen LogP contribution in [0.2, 0.25) is 0 Å². The van der Waals surface area contributed by atoms with E-state index in [9.17, 15) is 13.2 Å². The standard InChI is InChI=1S/C12H18F3N3O/c1-8-17-11(18-19-8)6-7-16-10-4-2-9(3-5-10)12(13,14)15/h9-10,16H,2-7H2,1H3. The van der Waals surface area contributed by atoms with Gasteiger partial charge in [0, 0.05) is 25.9 Å². The van der Waals surface area contributed by atoms with Gasteiger partial charge in [-0.15, -0.1) is 0 Å². The molecule has 0 aromatic carbocycles. The van der Waals surface area contributed by atoms with Crippen LogP contribution in [0, 0.1) is 12.8 Å². The minimum absolute atomic E-state index is 0.173. The van der Waals surface area contributed by atoms with Crippen LogP contribution in [-0.2, 0) is 6.42 Å². The molecule has 1 aliphatic carbocycles. The highest BCUT2D eigenvalue weighted by Crippen LogP contribution is 2.37. The topological polar surface area (TPSA) is 51.0 Å². The fourth-order valence-electron chi connectivity index (χ4n) is 2.46. The molecule has 1 aliphatic rings. The van der Waals surface area contributed by atoms with Crippen LogP contribution < -0.4 is 5.32 Å². The third-order valence-corrected chi connectivity index (χ3v) is 3.54. The van der Waals surface area contributed by atoms with Crippen LogP contribution in [0.25, 0.3) is 0 Å². The summed E-state index contributed by atoms with van der Waals surface area (Å²) >= 11 is 0. The molecule has 1 fully saturated rings. The van der Waals surface area contributed by atoms with Crippen molar-refractivity contribution in [3.05, 3.63) is 11.7 Å². The normalized spacial score (nSPS) is 24.6. The number of aromatic nitrogens is 2. The number of nitrogens with zero attached hydrogens (tertiary/aromatic N) is 2. The summed E-state index contributed by atoms with van der Waals surface area (Å²) in [6.07, 6.45) is -1.79. The lowest BCUT2D eigenvalue weighted by molar-refractivity contribution is -0.182. The number of halogens is 3. The predicted octanol–water partition coefficient (Wildman–Crippen LogP) is 2.63. The van der Waals surface area contributed by atoms with Gasteiger partial charge in [0.25, 0.3) is 0 Å². The van der Waals surface area contributed by atoms with Gasteiger partial charge in [0.15, 0.2) is 5.82 Å². The minimum Gasteiger partial charge on any atom is -0.340 e. The van der Waals surface area contributed by atoms with Gasteiger partial charge in [-0.2, -0.15) is 18.2 Å². The number of nitrogens with one attached hydrogen (secondary N) is 1. The molecule has 0 bridgehead atoms. The van der Waals surface area contributed by atoms with Gasteiger partial charge < -0.3 is 9.84 Å². The summed E-state index contributed by atoms with van der Waals surface area (Å²) in [5.74, 6) is 0.0417. The summed E-state index contributed by atoms with van der Waals surface area (Å²) in [6, 6.07) is 0.173. The average molecular weight is 277 g/mol. The fraction of sp³-hybridized carbons (Fsp3) is 0.833. The molecule has 1 heterocycles. The van der Waals surface area contributed by atoms with Crippen molar-refractivity contribution in [3.63, 3.8) is 0 Å². The smallest absolute Gasteiger partial charge is 0.340 e. The maximum atomic E-state index is 12.5. The van der Waals surface area contributed by atoms with E-state index in [0.717, 1.165) is 0 Å². The maximum absolute atomic E-state index is 12.5. The van der Waals surface area contributed by atoms with Gasteiger partial charge >= 0.3 is 6.18 Å². The second-order valence-corrected chi connectivity index (χ2v) is 5.02. The van der Waals surface area contributed by atoms with Gasteiger partial charge in [0.1, 0.15) is 0 Å². The highest BCUT2D eigenvalue weighted by Gasteiger charge is 2.41.